The number of amides is 1. The third-order valence-corrected chi connectivity index (χ3v) is 3.29. The van der Waals surface area contributed by atoms with Crippen LogP contribution >= 0.6 is 0 Å². The molecule has 0 radical (unpaired) electrons. The van der Waals surface area contributed by atoms with Crippen LogP contribution in [0.1, 0.15) is 22.1 Å². The first-order valence-corrected chi connectivity index (χ1v) is 6.68. The Kier molecular flexibility index (Phi) is 3.66. The Morgan fingerprint density at radius 3 is 2.67 bits per heavy atom. The molecule has 5 nitrogen and oxygen atoms in total. The minimum atomic E-state index is -0.441. The number of hydrogen-bond acceptors (Lipinski definition) is 3. The molecule has 0 aliphatic rings. The van der Waals surface area contributed by atoms with Crippen molar-refractivity contribution in [2.75, 3.05) is 6.61 Å². The summed E-state index contributed by atoms with van der Waals surface area (Å²) in [5.74, 6) is -0.304. The van der Waals surface area contributed by atoms with Crippen molar-refractivity contribution in [2.45, 2.75) is 6.04 Å². The van der Waals surface area contributed by atoms with Gasteiger partial charge in [-0.2, -0.15) is 0 Å². The van der Waals surface area contributed by atoms with Crippen molar-refractivity contribution in [3.63, 3.8) is 0 Å². The number of benzene rings is 1. The molecule has 3 rings (SSSR count). The highest BCUT2D eigenvalue weighted by atomic mass is 16.3. The summed E-state index contributed by atoms with van der Waals surface area (Å²) in [5.41, 5.74) is 1.90. The molecule has 0 saturated carbocycles. The molecule has 0 spiro atoms. The molecule has 0 bridgehead atoms. The summed E-state index contributed by atoms with van der Waals surface area (Å²) >= 11 is 0. The lowest BCUT2D eigenvalue weighted by molar-refractivity contribution is 0.0911. The Hall–Kier alpha value is -2.66. The van der Waals surface area contributed by atoms with E-state index < -0.39 is 6.04 Å². The number of pyridine rings is 1. The van der Waals surface area contributed by atoms with Gasteiger partial charge in [0.05, 0.1) is 12.6 Å². The monoisotopic (exact) mass is 281 g/mol. The van der Waals surface area contributed by atoms with Gasteiger partial charge < -0.3 is 14.8 Å². The Balaban J connectivity index is 1.81. The fourth-order valence-electron chi connectivity index (χ4n) is 2.20. The first kappa shape index (κ1) is 13.3. The average Bonchev–Trinajstić information content (AvgIpc) is 2.97. The Bertz CT molecular complexity index is 719. The summed E-state index contributed by atoms with van der Waals surface area (Å²) in [6.45, 7) is -0.164. The van der Waals surface area contributed by atoms with Crippen LogP contribution in [0.25, 0.3) is 5.65 Å². The second kappa shape index (κ2) is 5.76. The molecule has 2 N–H and O–H groups in total. The predicted octanol–water partition coefficient (Wildman–Crippen LogP) is 1.80. The number of nitrogens with one attached hydrogen (secondary N) is 1. The largest absolute Gasteiger partial charge is 0.394 e. The molecule has 1 atom stereocenters. The maximum absolute atomic E-state index is 12.3. The number of fused-ring (bicyclic) bond motifs is 1. The summed E-state index contributed by atoms with van der Waals surface area (Å²) < 4.78 is 1.78. The lowest BCUT2D eigenvalue weighted by Crippen LogP contribution is -2.31. The Morgan fingerprint density at radius 1 is 1.19 bits per heavy atom. The van der Waals surface area contributed by atoms with Crippen molar-refractivity contribution in [1.29, 1.82) is 0 Å². The van der Waals surface area contributed by atoms with Gasteiger partial charge in [-0.3, -0.25) is 4.79 Å². The normalized spacial score (nSPS) is 12.2. The molecule has 5 heteroatoms. The average molecular weight is 281 g/mol. The zero-order chi connectivity index (χ0) is 14.7. The van der Waals surface area contributed by atoms with E-state index in [0.29, 0.717) is 11.3 Å². The van der Waals surface area contributed by atoms with Gasteiger partial charge in [-0.25, -0.2) is 4.98 Å². The fraction of sp³-hybridized carbons (Fsp3) is 0.125. The quantitative estimate of drug-likeness (QED) is 0.766. The van der Waals surface area contributed by atoms with E-state index in [-0.39, 0.29) is 12.5 Å². The number of nitrogens with zero attached hydrogens (tertiary/aromatic N) is 2. The van der Waals surface area contributed by atoms with Gasteiger partial charge >= 0.3 is 0 Å². The van der Waals surface area contributed by atoms with Crippen LogP contribution in [0.2, 0.25) is 0 Å². The minimum Gasteiger partial charge on any atom is -0.394 e. The van der Waals surface area contributed by atoms with Crippen molar-refractivity contribution in [3.8, 4) is 0 Å². The van der Waals surface area contributed by atoms with Crippen molar-refractivity contribution in [2.24, 2.45) is 0 Å². The van der Waals surface area contributed by atoms with E-state index in [1.165, 1.54) is 0 Å². The van der Waals surface area contributed by atoms with E-state index in [2.05, 4.69) is 10.3 Å². The Labute approximate surface area is 121 Å². The number of hydrogen-bond donors (Lipinski definition) is 2. The fourth-order valence-corrected chi connectivity index (χ4v) is 2.20. The molecule has 0 saturated heterocycles. The molecular weight excluding hydrogens is 266 g/mol. The van der Waals surface area contributed by atoms with E-state index in [0.717, 1.165) is 5.56 Å². The lowest BCUT2D eigenvalue weighted by Gasteiger charge is -2.15. The number of carbonyl (C=O) groups is 1. The van der Waals surface area contributed by atoms with E-state index >= 15 is 0 Å². The molecule has 0 fully saturated rings. The van der Waals surface area contributed by atoms with E-state index in [4.69, 9.17) is 0 Å². The van der Waals surface area contributed by atoms with E-state index in [1.54, 1.807) is 10.6 Å². The zero-order valence-corrected chi connectivity index (χ0v) is 11.3. The van der Waals surface area contributed by atoms with Crippen LogP contribution in [-0.4, -0.2) is 27.0 Å². The highest BCUT2D eigenvalue weighted by Gasteiger charge is 2.16. The molecule has 0 aliphatic heterocycles. The summed E-state index contributed by atoms with van der Waals surface area (Å²) in [7, 11) is 0. The highest BCUT2D eigenvalue weighted by Crippen LogP contribution is 2.13. The molecule has 21 heavy (non-hydrogen) atoms. The minimum absolute atomic E-state index is 0.164. The first-order valence-electron chi connectivity index (χ1n) is 6.68. The number of aliphatic hydroxyl groups excluding tert-OH is 1. The van der Waals surface area contributed by atoms with Gasteiger partial charge in [-0.1, -0.05) is 36.4 Å². The second-order valence-electron chi connectivity index (χ2n) is 4.71. The molecule has 1 unspecified atom stereocenters. The third kappa shape index (κ3) is 2.78. The number of carbonyl (C=O) groups excluding carboxylic acids is 1. The lowest BCUT2D eigenvalue weighted by atomic mass is 10.1. The SMILES string of the molecule is O=C(NC(CO)c1ccccc1)c1cn2ccccc2n1. The molecule has 2 heterocycles. The second-order valence-corrected chi connectivity index (χ2v) is 4.71. The maximum atomic E-state index is 12.3. The van der Waals surface area contributed by atoms with Gasteiger partial charge in [0.1, 0.15) is 11.3 Å². The van der Waals surface area contributed by atoms with E-state index in [9.17, 15) is 9.90 Å². The third-order valence-electron chi connectivity index (χ3n) is 3.29. The smallest absolute Gasteiger partial charge is 0.272 e. The van der Waals surface area contributed by atoms with Crippen LogP contribution in [0, 0.1) is 0 Å². The van der Waals surface area contributed by atoms with Gasteiger partial charge in [0.2, 0.25) is 0 Å². The number of imidazole rings is 1. The Morgan fingerprint density at radius 2 is 1.95 bits per heavy atom. The predicted molar refractivity (Wildman–Crippen MR) is 78.9 cm³/mol. The maximum Gasteiger partial charge on any atom is 0.272 e. The topological polar surface area (TPSA) is 66.6 Å². The first-order chi connectivity index (χ1) is 10.3. The van der Waals surface area contributed by atoms with Crippen LogP contribution in [0.5, 0.6) is 0 Å². The summed E-state index contributed by atoms with van der Waals surface area (Å²) in [6, 6.07) is 14.5. The van der Waals surface area contributed by atoms with Gasteiger partial charge in [-0.15, -0.1) is 0 Å². The number of rotatable bonds is 4. The van der Waals surface area contributed by atoms with Gasteiger partial charge in [0.25, 0.3) is 5.91 Å². The van der Waals surface area contributed by atoms with Crippen molar-refractivity contribution in [3.05, 3.63) is 72.2 Å². The van der Waals surface area contributed by atoms with Crippen LogP contribution in [-0.2, 0) is 0 Å². The van der Waals surface area contributed by atoms with Crippen molar-refractivity contribution < 1.29 is 9.90 Å². The number of aliphatic hydroxyl groups is 1. The van der Waals surface area contributed by atoms with E-state index in [1.807, 2.05) is 54.7 Å². The standard InChI is InChI=1S/C16H15N3O2/c20-11-14(12-6-2-1-3-7-12)18-16(21)13-10-19-9-5-4-8-15(19)17-13/h1-10,14,20H,11H2,(H,18,21). The molecule has 2 aromatic heterocycles. The van der Waals surface area contributed by atoms with Crippen molar-refractivity contribution >= 4 is 11.6 Å². The summed E-state index contributed by atoms with van der Waals surface area (Å²) in [4.78, 5) is 16.5. The summed E-state index contributed by atoms with van der Waals surface area (Å²) in [5, 5.41) is 12.3. The molecule has 1 amide bonds. The highest BCUT2D eigenvalue weighted by molar-refractivity contribution is 5.93. The van der Waals surface area contributed by atoms with Gasteiger partial charge in [0.15, 0.2) is 0 Å². The van der Waals surface area contributed by atoms with Gasteiger partial charge in [-0.05, 0) is 17.7 Å². The van der Waals surface area contributed by atoms with Crippen LogP contribution < -0.4 is 5.32 Å². The van der Waals surface area contributed by atoms with Crippen LogP contribution in [0.4, 0.5) is 0 Å². The molecular formula is C16H15N3O2. The molecule has 106 valence electrons. The zero-order valence-electron chi connectivity index (χ0n) is 11.3. The summed E-state index contributed by atoms with van der Waals surface area (Å²) in [6.07, 6.45) is 3.50. The van der Waals surface area contributed by atoms with Crippen LogP contribution in [0.3, 0.4) is 0 Å². The van der Waals surface area contributed by atoms with Gasteiger partial charge in [0, 0.05) is 12.4 Å². The molecule has 0 aliphatic carbocycles. The number of aromatic nitrogens is 2. The molecule has 3 aromatic rings. The molecule has 1 aromatic carbocycles. The van der Waals surface area contributed by atoms with Crippen LogP contribution in [0.15, 0.2) is 60.9 Å². The van der Waals surface area contributed by atoms with Crippen molar-refractivity contribution in [1.82, 2.24) is 14.7 Å².